The second kappa shape index (κ2) is 8.12. The van der Waals surface area contributed by atoms with E-state index >= 15 is 0 Å². The van der Waals surface area contributed by atoms with E-state index in [4.69, 9.17) is 0 Å². The molecule has 1 aromatic heterocycles. The Bertz CT molecular complexity index is 522. The molecule has 108 valence electrons. The van der Waals surface area contributed by atoms with Crippen LogP contribution in [-0.2, 0) is 18.8 Å². The van der Waals surface area contributed by atoms with Gasteiger partial charge in [0.1, 0.15) is 0 Å². The van der Waals surface area contributed by atoms with Crippen LogP contribution in [0.3, 0.4) is 0 Å². The van der Waals surface area contributed by atoms with E-state index in [2.05, 4.69) is 53.0 Å². The summed E-state index contributed by atoms with van der Waals surface area (Å²) in [6.45, 7) is 7.33. The first-order chi connectivity index (χ1) is 9.83. The molecular formula is C16H23N3S. The predicted molar refractivity (Wildman–Crippen MR) is 85.9 cm³/mol. The van der Waals surface area contributed by atoms with Crippen LogP contribution in [0.4, 0.5) is 0 Å². The fourth-order valence-corrected chi connectivity index (χ4v) is 3.05. The van der Waals surface area contributed by atoms with Crippen LogP contribution in [0.2, 0.25) is 0 Å². The van der Waals surface area contributed by atoms with E-state index in [-0.39, 0.29) is 0 Å². The van der Waals surface area contributed by atoms with Crippen molar-refractivity contribution in [2.24, 2.45) is 0 Å². The van der Waals surface area contributed by atoms with E-state index < -0.39 is 0 Å². The van der Waals surface area contributed by atoms with Gasteiger partial charge in [-0.25, -0.2) is 4.98 Å². The Morgan fingerprint density at radius 1 is 1.30 bits per heavy atom. The molecule has 1 N–H and O–H groups in total. The first-order valence-electron chi connectivity index (χ1n) is 7.25. The van der Waals surface area contributed by atoms with Crippen LogP contribution in [0.5, 0.6) is 0 Å². The lowest BCUT2D eigenvalue weighted by Gasteiger charge is -2.08. The third-order valence-corrected chi connectivity index (χ3v) is 4.15. The minimum Gasteiger partial charge on any atom is -0.334 e. The van der Waals surface area contributed by atoms with Gasteiger partial charge in [0, 0.05) is 35.6 Å². The molecule has 2 rings (SSSR count). The maximum atomic E-state index is 4.25. The Morgan fingerprint density at radius 3 is 3.00 bits per heavy atom. The van der Waals surface area contributed by atoms with Gasteiger partial charge in [-0.15, -0.1) is 11.8 Å². The molecule has 0 fully saturated rings. The highest BCUT2D eigenvalue weighted by Crippen LogP contribution is 2.23. The van der Waals surface area contributed by atoms with Crippen molar-refractivity contribution < 1.29 is 0 Å². The minimum absolute atomic E-state index is 0.943. The van der Waals surface area contributed by atoms with Crippen LogP contribution in [0, 0.1) is 0 Å². The SMILES string of the molecule is CCCn1cncc1CSc1cccc(CNCC)c1. The minimum atomic E-state index is 0.943. The van der Waals surface area contributed by atoms with E-state index in [9.17, 15) is 0 Å². The average molecular weight is 289 g/mol. The highest BCUT2D eigenvalue weighted by Gasteiger charge is 2.03. The molecule has 0 aliphatic rings. The van der Waals surface area contributed by atoms with Gasteiger partial charge in [-0.05, 0) is 30.7 Å². The molecule has 1 aromatic carbocycles. The van der Waals surface area contributed by atoms with Gasteiger partial charge in [-0.2, -0.15) is 0 Å². The van der Waals surface area contributed by atoms with Crippen LogP contribution in [0.1, 0.15) is 31.5 Å². The normalized spacial score (nSPS) is 10.9. The average Bonchev–Trinajstić information content (AvgIpc) is 2.91. The lowest BCUT2D eigenvalue weighted by atomic mass is 10.2. The number of thioether (sulfide) groups is 1. The summed E-state index contributed by atoms with van der Waals surface area (Å²) in [5, 5.41) is 3.36. The van der Waals surface area contributed by atoms with Gasteiger partial charge in [0.15, 0.2) is 0 Å². The van der Waals surface area contributed by atoms with E-state index in [1.165, 1.54) is 16.2 Å². The number of aryl methyl sites for hydroxylation is 1. The van der Waals surface area contributed by atoms with Gasteiger partial charge in [-0.3, -0.25) is 0 Å². The number of benzene rings is 1. The van der Waals surface area contributed by atoms with Gasteiger partial charge in [0.25, 0.3) is 0 Å². The zero-order chi connectivity index (χ0) is 14.2. The first kappa shape index (κ1) is 15.1. The zero-order valence-corrected chi connectivity index (χ0v) is 13.1. The number of nitrogens with zero attached hydrogens (tertiary/aromatic N) is 2. The summed E-state index contributed by atoms with van der Waals surface area (Å²) in [5.41, 5.74) is 2.65. The van der Waals surface area contributed by atoms with E-state index in [1.807, 2.05) is 24.3 Å². The van der Waals surface area contributed by atoms with E-state index in [0.29, 0.717) is 0 Å². The summed E-state index contributed by atoms with van der Waals surface area (Å²) in [6.07, 6.45) is 5.05. The van der Waals surface area contributed by atoms with Gasteiger partial charge in [-0.1, -0.05) is 26.0 Å². The van der Waals surface area contributed by atoms with Crippen molar-refractivity contribution in [2.45, 2.75) is 44.0 Å². The smallest absolute Gasteiger partial charge is 0.0948 e. The molecule has 0 aliphatic heterocycles. The number of nitrogens with one attached hydrogen (secondary N) is 1. The molecule has 0 bridgehead atoms. The molecule has 0 amide bonds. The molecular weight excluding hydrogens is 266 g/mol. The fourth-order valence-electron chi connectivity index (χ4n) is 2.08. The molecule has 20 heavy (non-hydrogen) atoms. The molecule has 3 nitrogen and oxygen atoms in total. The lowest BCUT2D eigenvalue weighted by molar-refractivity contribution is 0.659. The lowest BCUT2D eigenvalue weighted by Crippen LogP contribution is -2.11. The maximum Gasteiger partial charge on any atom is 0.0948 e. The number of hydrogen-bond donors (Lipinski definition) is 1. The van der Waals surface area contributed by atoms with Gasteiger partial charge in [0.05, 0.1) is 6.33 Å². The Morgan fingerprint density at radius 2 is 2.20 bits per heavy atom. The highest BCUT2D eigenvalue weighted by atomic mass is 32.2. The van der Waals surface area contributed by atoms with Crippen molar-refractivity contribution in [1.82, 2.24) is 14.9 Å². The van der Waals surface area contributed by atoms with Gasteiger partial charge >= 0.3 is 0 Å². The van der Waals surface area contributed by atoms with Crippen molar-refractivity contribution >= 4 is 11.8 Å². The fraction of sp³-hybridized carbons (Fsp3) is 0.438. The molecule has 2 aromatic rings. The monoisotopic (exact) mass is 289 g/mol. The first-order valence-corrected chi connectivity index (χ1v) is 8.23. The summed E-state index contributed by atoms with van der Waals surface area (Å²) in [5.74, 6) is 0.977. The number of imidazole rings is 1. The van der Waals surface area contributed by atoms with Crippen molar-refractivity contribution in [3.8, 4) is 0 Å². The molecule has 1 heterocycles. The largest absolute Gasteiger partial charge is 0.334 e. The van der Waals surface area contributed by atoms with Crippen LogP contribution in [0.15, 0.2) is 41.7 Å². The van der Waals surface area contributed by atoms with Crippen LogP contribution >= 0.6 is 11.8 Å². The van der Waals surface area contributed by atoms with Crippen molar-refractivity contribution in [2.75, 3.05) is 6.54 Å². The summed E-state index contributed by atoms with van der Waals surface area (Å²) < 4.78 is 2.25. The third kappa shape index (κ3) is 4.39. The van der Waals surface area contributed by atoms with Crippen molar-refractivity contribution in [3.05, 3.63) is 48.0 Å². The summed E-state index contributed by atoms with van der Waals surface area (Å²) >= 11 is 1.88. The Balaban J connectivity index is 1.94. The molecule has 4 heteroatoms. The molecule has 0 saturated heterocycles. The number of rotatable bonds is 8. The number of aromatic nitrogens is 2. The Labute approximate surface area is 125 Å². The Kier molecular flexibility index (Phi) is 6.15. The topological polar surface area (TPSA) is 29.9 Å². The summed E-state index contributed by atoms with van der Waals surface area (Å²) in [4.78, 5) is 5.57. The molecule has 0 saturated carbocycles. The quantitative estimate of drug-likeness (QED) is 0.752. The molecule has 0 unspecified atom stereocenters. The van der Waals surface area contributed by atoms with E-state index in [0.717, 1.165) is 31.8 Å². The summed E-state index contributed by atoms with van der Waals surface area (Å²) in [6, 6.07) is 8.76. The Hall–Kier alpha value is -1.26. The second-order valence-corrected chi connectivity index (χ2v) is 5.84. The van der Waals surface area contributed by atoms with Crippen molar-refractivity contribution in [3.63, 3.8) is 0 Å². The maximum absolute atomic E-state index is 4.25. The van der Waals surface area contributed by atoms with Crippen molar-refractivity contribution in [1.29, 1.82) is 0 Å². The van der Waals surface area contributed by atoms with E-state index in [1.54, 1.807) is 0 Å². The summed E-state index contributed by atoms with van der Waals surface area (Å²) in [7, 11) is 0. The predicted octanol–water partition coefficient (Wildman–Crippen LogP) is 3.69. The van der Waals surface area contributed by atoms with Crippen LogP contribution in [0.25, 0.3) is 0 Å². The number of hydrogen-bond acceptors (Lipinski definition) is 3. The van der Waals surface area contributed by atoms with Crippen LogP contribution in [-0.4, -0.2) is 16.1 Å². The van der Waals surface area contributed by atoms with Gasteiger partial charge in [0.2, 0.25) is 0 Å². The molecule has 0 aliphatic carbocycles. The van der Waals surface area contributed by atoms with Crippen LogP contribution < -0.4 is 5.32 Å². The zero-order valence-electron chi connectivity index (χ0n) is 12.3. The second-order valence-electron chi connectivity index (χ2n) is 4.79. The molecule has 0 atom stereocenters. The molecule has 0 spiro atoms. The molecule has 0 radical (unpaired) electrons. The standard InChI is InChI=1S/C16H23N3S/c1-3-8-19-13-18-11-15(19)12-20-16-7-5-6-14(9-16)10-17-4-2/h5-7,9,11,13,17H,3-4,8,10,12H2,1-2H3. The third-order valence-electron chi connectivity index (χ3n) is 3.13. The van der Waals surface area contributed by atoms with Gasteiger partial charge < -0.3 is 9.88 Å². The highest BCUT2D eigenvalue weighted by molar-refractivity contribution is 7.98.